The van der Waals surface area contributed by atoms with Crippen LogP contribution in [0, 0.1) is 11.8 Å². The zero-order valence-electron chi connectivity index (χ0n) is 11.9. The van der Waals surface area contributed by atoms with Crippen molar-refractivity contribution in [2.45, 2.75) is 31.8 Å². The molecule has 2 rings (SSSR count). The van der Waals surface area contributed by atoms with Crippen molar-refractivity contribution >= 4 is 11.9 Å². The van der Waals surface area contributed by atoms with E-state index in [0.29, 0.717) is 39.1 Å². The maximum atomic E-state index is 12.3. The summed E-state index contributed by atoms with van der Waals surface area (Å²) >= 11 is 0. The highest BCUT2D eigenvalue weighted by Gasteiger charge is 2.38. The van der Waals surface area contributed by atoms with Crippen LogP contribution >= 0.6 is 0 Å². The molecule has 1 saturated carbocycles. The minimum absolute atomic E-state index is 0.0996. The Balaban J connectivity index is 1.72. The highest BCUT2D eigenvalue weighted by atomic mass is 16.5. The number of hydrogen-bond donors (Lipinski definition) is 1. The summed E-state index contributed by atoms with van der Waals surface area (Å²) in [5, 5.41) is 9.05. The first-order valence-electron chi connectivity index (χ1n) is 7.24. The average molecular weight is 285 g/mol. The number of carbonyl (C=O) groups excluding carboxylic acids is 1. The van der Waals surface area contributed by atoms with Crippen molar-refractivity contribution < 1.29 is 24.2 Å². The standard InChI is InChI=1S/C14H23NO5/c1-19-5-6-20-12-8-15(9-12)13(16)10-3-2-4-11(7-10)14(17)18/h10-12H,2-9H2,1H3,(H,17,18). The summed E-state index contributed by atoms with van der Waals surface area (Å²) < 4.78 is 10.4. The summed E-state index contributed by atoms with van der Waals surface area (Å²) in [6, 6.07) is 0. The fourth-order valence-electron chi connectivity index (χ4n) is 2.92. The fourth-order valence-corrected chi connectivity index (χ4v) is 2.92. The lowest BCUT2D eigenvalue weighted by Gasteiger charge is -2.41. The largest absolute Gasteiger partial charge is 0.481 e. The zero-order chi connectivity index (χ0) is 14.5. The summed E-state index contributed by atoms with van der Waals surface area (Å²) in [7, 11) is 1.63. The minimum atomic E-state index is -0.771. The van der Waals surface area contributed by atoms with Crippen molar-refractivity contribution in [2.75, 3.05) is 33.4 Å². The molecule has 0 aromatic rings. The van der Waals surface area contributed by atoms with E-state index in [4.69, 9.17) is 14.6 Å². The summed E-state index contributed by atoms with van der Waals surface area (Å²) in [5.41, 5.74) is 0. The van der Waals surface area contributed by atoms with Crippen LogP contribution in [0.3, 0.4) is 0 Å². The van der Waals surface area contributed by atoms with Crippen molar-refractivity contribution in [1.82, 2.24) is 4.90 Å². The Morgan fingerprint density at radius 3 is 2.55 bits per heavy atom. The van der Waals surface area contributed by atoms with E-state index in [1.807, 2.05) is 0 Å². The number of carbonyl (C=O) groups is 2. The predicted molar refractivity (Wildman–Crippen MR) is 71.3 cm³/mol. The van der Waals surface area contributed by atoms with Gasteiger partial charge in [-0.15, -0.1) is 0 Å². The van der Waals surface area contributed by atoms with Crippen LogP contribution in [0.25, 0.3) is 0 Å². The molecule has 1 heterocycles. The van der Waals surface area contributed by atoms with E-state index in [1.54, 1.807) is 12.0 Å². The SMILES string of the molecule is COCCOC1CN(C(=O)C2CCCC(C(=O)O)C2)C1. The molecule has 0 spiro atoms. The van der Waals surface area contributed by atoms with E-state index in [9.17, 15) is 9.59 Å². The van der Waals surface area contributed by atoms with Gasteiger partial charge >= 0.3 is 5.97 Å². The number of hydrogen-bond acceptors (Lipinski definition) is 4. The van der Waals surface area contributed by atoms with Gasteiger partial charge in [-0.05, 0) is 19.3 Å². The number of carboxylic acid groups (broad SMARTS) is 1. The second kappa shape index (κ2) is 7.04. The van der Waals surface area contributed by atoms with E-state index >= 15 is 0 Å². The van der Waals surface area contributed by atoms with Gasteiger partial charge in [-0.2, -0.15) is 0 Å². The molecule has 20 heavy (non-hydrogen) atoms. The molecule has 114 valence electrons. The minimum Gasteiger partial charge on any atom is -0.481 e. The van der Waals surface area contributed by atoms with Crippen LogP contribution in [-0.4, -0.2) is 61.4 Å². The number of amides is 1. The number of likely N-dealkylation sites (tertiary alicyclic amines) is 1. The average Bonchev–Trinajstić information content (AvgIpc) is 2.41. The van der Waals surface area contributed by atoms with Gasteiger partial charge in [-0.25, -0.2) is 0 Å². The van der Waals surface area contributed by atoms with Gasteiger partial charge in [-0.1, -0.05) is 6.42 Å². The first kappa shape index (κ1) is 15.3. The van der Waals surface area contributed by atoms with Crippen molar-refractivity contribution in [1.29, 1.82) is 0 Å². The van der Waals surface area contributed by atoms with Crippen LogP contribution in [0.15, 0.2) is 0 Å². The van der Waals surface area contributed by atoms with Crippen molar-refractivity contribution in [3.8, 4) is 0 Å². The number of carboxylic acids is 1. The maximum Gasteiger partial charge on any atom is 0.306 e. The number of aliphatic carboxylic acids is 1. The normalized spacial score (nSPS) is 27.1. The zero-order valence-corrected chi connectivity index (χ0v) is 11.9. The van der Waals surface area contributed by atoms with Gasteiger partial charge in [0.15, 0.2) is 0 Å². The summed E-state index contributed by atoms with van der Waals surface area (Å²) in [5.74, 6) is -1.15. The van der Waals surface area contributed by atoms with Crippen molar-refractivity contribution in [3.63, 3.8) is 0 Å². The van der Waals surface area contributed by atoms with Gasteiger partial charge in [0, 0.05) is 26.1 Å². The Labute approximate surface area is 119 Å². The van der Waals surface area contributed by atoms with Gasteiger partial charge in [-0.3, -0.25) is 9.59 Å². The van der Waals surface area contributed by atoms with Gasteiger partial charge < -0.3 is 19.5 Å². The molecule has 0 bridgehead atoms. The van der Waals surface area contributed by atoms with E-state index < -0.39 is 5.97 Å². The first-order valence-corrected chi connectivity index (χ1v) is 7.24. The lowest BCUT2D eigenvalue weighted by Crippen LogP contribution is -2.57. The Hall–Kier alpha value is -1.14. The van der Waals surface area contributed by atoms with E-state index in [1.165, 1.54) is 0 Å². The molecule has 2 fully saturated rings. The highest BCUT2D eigenvalue weighted by molar-refractivity contribution is 5.81. The Morgan fingerprint density at radius 1 is 1.20 bits per heavy atom. The second-order valence-electron chi connectivity index (χ2n) is 5.63. The first-order chi connectivity index (χ1) is 9.61. The Morgan fingerprint density at radius 2 is 1.90 bits per heavy atom. The predicted octanol–water partition coefficient (Wildman–Crippen LogP) is 0.751. The molecule has 0 aromatic carbocycles. The molecule has 0 radical (unpaired) electrons. The van der Waals surface area contributed by atoms with Gasteiger partial charge in [0.25, 0.3) is 0 Å². The molecule has 1 aliphatic heterocycles. The van der Waals surface area contributed by atoms with E-state index in [0.717, 1.165) is 12.8 Å². The number of nitrogens with zero attached hydrogens (tertiary/aromatic N) is 1. The number of methoxy groups -OCH3 is 1. The second-order valence-corrected chi connectivity index (χ2v) is 5.63. The summed E-state index contributed by atoms with van der Waals surface area (Å²) in [6.45, 7) is 2.36. The third-order valence-electron chi connectivity index (χ3n) is 4.17. The highest BCUT2D eigenvalue weighted by Crippen LogP contribution is 2.31. The molecule has 6 heteroatoms. The molecule has 0 aromatic heterocycles. The van der Waals surface area contributed by atoms with Crippen LogP contribution in [0.1, 0.15) is 25.7 Å². The van der Waals surface area contributed by atoms with Gasteiger partial charge in [0.1, 0.15) is 0 Å². The molecule has 1 aliphatic carbocycles. The molecule has 6 nitrogen and oxygen atoms in total. The van der Waals surface area contributed by atoms with Gasteiger partial charge in [0.2, 0.25) is 5.91 Å². The third kappa shape index (κ3) is 3.70. The molecule has 1 saturated heterocycles. The van der Waals surface area contributed by atoms with Crippen LogP contribution in [0.2, 0.25) is 0 Å². The number of rotatable bonds is 6. The monoisotopic (exact) mass is 285 g/mol. The molecular weight excluding hydrogens is 262 g/mol. The molecule has 1 N–H and O–H groups in total. The molecule has 2 atom stereocenters. The van der Waals surface area contributed by atoms with Crippen molar-refractivity contribution in [3.05, 3.63) is 0 Å². The molecule has 2 aliphatic rings. The third-order valence-corrected chi connectivity index (χ3v) is 4.17. The van der Waals surface area contributed by atoms with Crippen LogP contribution < -0.4 is 0 Å². The van der Waals surface area contributed by atoms with Crippen molar-refractivity contribution in [2.24, 2.45) is 11.8 Å². The fraction of sp³-hybridized carbons (Fsp3) is 0.857. The Bertz CT molecular complexity index is 353. The molecule has 2 unspecified atom stereocenters. The van der Waals surface area contributed by atoms with Crippen LogP contribution in [0.5, 0.6) is 0 Å². The Kier molecular flexibility index (Phi) is 5.37. The molecular formula is C14H23NO5. The van der Waals surface area contributed by atoms with Gasteiger partial charge in [0.05, 0.1) is 25.2 Å². The summed E-state index contributed by atoms with van der Waals surface area (Å²) in [6.07, 6.45) is 2.93. The smallest absolute Gasteiger partial charge is 0.306 e. The lowest BCUT2D eigenvalue weighted by molar-refractivity contribution is -0.153. The van der Waals surface area contributed by atoms with E-state index in [-0.39, 0.29) is 23.8 Å². The van der Waals surface area contributed by atoms with Crippen LogP contribution in [-0.2, 0) is 19.1 Å². The maximum absolute atomic E-state index is 12.3. The topological polar surface area (TPSA) is 76.1 Å². The van der Waals surface area contributed by atoms with E-state index in [2.05, 4.69) is 0 Å². The van der Waals surface area contributed by atoms with Crippen LogP contribution in [0.4, 0.5) is 0 Å². The quantitative estimate of drug-likeness (QED) is 0.729. The lowest BCUT2D eigenvalue weighted by atomic mass is 9.80. The number of ether oxygens (including phenoxy) is 2. The summed E-state index contributed by atoms with van der Waals surface area (Å²) in [4.78, 5) is 25.1. The molecule has 1 amide bonds.